The van der Waals surface area contributed by atoms with Crippen molar-refractivity contribution in [2.45, 2.75) is 59.0 Å². The van der Waals surface area contributed by atoms with Crippen LogP contribution in [0.1, 0.15) is 52.0 Å². The second-order valence-electron chi connectivity index (χ2n) is 7.67. The SMILES string of the molecule is CC(C)(C)C1CCN(c2ncc(CNC3CC3)cn2)CC1. The zero-order chi connectivity index (χ0) is 14.9. The van der Waals surface area contributed by atoms with Crippen molar-refractivity contribution in [3.05, 3.63) is 18.0 Å². The first-order valence-corrected chi connectivity index (χ1v) is 8.31. The van der Waals surface area contributed by atoms with Gasteiger partial charge in [0.25, 0.3) is 0 Å². The summed E-state index contributed by atoms with van der Waals surface area (Å²) >= 11 is 0. The molecule has 2 fully saturated rings. The summed E-state index contributed by atoms with van der Waals surface area (Å²) in [6, 6.07) is 0.737. The van der Waals surface area contributed by atoms with Crippen LogP contribution in [0.3, 0.4) is 0 Å². The molecule has 0 unspecified atom stereocenters. The van der Waals surface area contributed by atoms with Crippen LogP contribution in [0.4, 0.5) is 5.95 Å². The molecule has 0 bridgehead atoms. The van der Waals surface area contributed by atoms with E-state index in [0.717, 1.165) is 37.5 Å². The minimum absolute atomic E-state index is 0.422. The van der Waals surface area contributed by atoms with Gasteiger partial charge in [0, 0.05) is 43.6 Å². The lowest BCUT2D eigenvalue weighted by Gasteiger charge is -2.38. The predicted molar refractivity (Wildman–Crippen MR) is 86.3 cm³/mol. The van der Waals surface area contributed by atoms with Gasteiger partial charge in [-0.25, -0.2) is 9.97 Å². The first kappa shape index (κ1) is 14.8. The molecule has 1 saturated heterocycles. The first-order valence-electron chi connectivity index (χ1n) is 8.31. The highest BCUT2D eigenvalue weighted by molar-refractivity contribution is 5.30. The van der Waals surface area contributed by atoms with Gasteiger partial charge in [0.2, 0.25) is 5.95 Å². The smallest absolute Gasteiger partial charge is 0.225 e. The Morgan fingerprint density at radius 1 is 1.10 bits per heavy atom. The van der Waals surface area contributed by atoms with Gasteiger partial charge in [-0.05, 0) is 37.0 Å². The van der Waals surface area contributed by atoms with E-state index in [9.17, 15) is 0 Å². The number of nitrogens with zero attached hydrogens (tertiary/aromatic N) is 3. The molecule has 0 radical (unpaired) electrons. The number of rotatable bonds is 4. The molecule has 0 amide bonds. The van der Waals surface area contributed by atoms with Crippen LogP contribution < -0.4 is 10.2 Å². The highest BCUT2D eigenvalue weighted by Crippen LogP contribution is 2.34. The molecule has 1 aliphatic heterocycles. The number of aromatic nitrogens is 2. The van der Waals surface area contributed by atoms with Crippen molar-refractivity contribution in [3.8, 4) is 0 Å². The summed E-state index contributed by atoms with van der Waals surface area (Å²) in [5.41, 5.74) is 1.61. The number of anilines is 1. The number of hydrogen-bond acceptors (Lipinski definition) is 4. The Bertz CT molecular complexity index is 451. The summed E-state index contributed by atoms with van der Waals surface area (Å²) in [4.78, 5) is 11.5. The van der Waals surface area contributed by atoms with Crippen LogP contribution >= 0.6 is 0 Å². The van der Waals surface area contributed by atoms with Crippen molar-refractivity contribution >= 4 is 5.95 Å². The van der Waals surface area contributed by atoms with Crippen LogP contribution in [0.15, 0.2) is 12.4 Å². The molecule has 2 heterocycles. The summed E-state index contributed by atoms with van der Waals surface area (Å²) < 4.78 is 0. The van der Waals surface area contributed by atoms with Crippen molar-refractivity contribution < 1.29 is 0 Å². The Balaban J connectivity index is 1.52. The van der Waals surface area contributed by atoms with E-state index in [0.29, 0.717) is 5.41 Å². The van der Waals surface area contributed by atoms with Crippen molar-refractivity contribution in [2.75, 3.05) is 18.0 Å². The molecule has 1 aromatic rings. The zero-order valence-electron chi connectivity index (χ0n) is 13.6. The minimum atomic E-state index is 0.422. The Morgan fingerprint density at radius 2 is 1.71 bits per heavy atom. The normalized spacial score (nSPS) is 20.8. The molecule has 21 heavy (non-hydrogen) atoms. The second-order valence-corrected chi connectivity index (χ2v) is 7.67. The molecular weight excluding hydrogens is 260 g/mol. The zero-order valence-corrected chi connectivity index (χ0v) is 13.6. The lowest BCUT2D eigenvalue weighted by molar-refractivity contribution is 0.198. The van der Waals surface area contributed by atoms with Crippen molar-refractivity contribution in [2.24, 2.45) is 11.3 Å². The average Bonchev–Trinajstić information content (AvgIpc) is 3.29. The Morgan fingerprint density at radius 3 is 2.24 bits per heavy atom. The maximum atomic E-state index is 4.56. The van der Waals surface area contributed by atoms with Crippen LogP contribution in [0.25, 0.3) is 0 Å². The fourth-order valence-corrected chi connectivity index (χ4v) is 3.10. The van der Waals surface area contributed by atoms with E-state index in [1.165, 1.54) is 31.2 Å². The molecule has 1 aliphatic carbocycles. The van der Waals surface area contributed by atoms with E-state index in [4.69, 9.17) is 0 Å². The summed E-state index contributed by atoms with van der Waals surface area (Å²) in [6.45, 7) is 10.1. The maximum absolute atomic E-state index is 4.56. The van der Waals surface area contributed by atoms with Crippen LogP contribution in [-0.4, -0.2) is 29.1 Å². The van der Waals surface area contributed by atoms with Gasteiger partial charge in [-0.15, -0.1) is 0 Å². The van der Waals surface area contributed by atoms with Gasteiger partial charge in [0.05, 0.1) is 0 Å². The molecule has 4 heteroatoms. The molecule has 0 atom stereocenters. The van der Waals surface area contributed by atoms with Gasteiger partial charge in [0.1, 0.15) is 0 Å². The topological polar surface area (TPSA) is 41.1 Å². The third kappa shape index (κ3) is 3.94. The molecule has 1 N–H and O–H groups in total. The predicted octanol–water partition coefficient (Wildman–Crippen LogP) is 2.99. The highest BCUT2D eigenvalue weighted by atomic mass is 15.2. The lowest BCUT2D eigenvalue weighted by atomic mass is 9.75. The van der Waals surface area contributed by atoms with E-state index in [1.54, 1.807) is 0 Å². The van der Waals surface area contributed by atoms with Crippen LogP contribution in [0.5, 0.6) is 0 Å². The molecule has 2 aliphatic rings. The quantitative estimate of drug-likeness (QED) is 0.925. The molecule has 1 aromatic heterocycles. The summed E-state index contributed by atoms with van der Waals surface area (Å²) in [7, 11) is 0. The molecule has 0 spiro atoms. The van der Waals surface area contributed by atoms with E-state index in [-0.39, 0.29) is 0 Å². The first-order chi connectivity index (χ1) is 10.0. The Kier molecular flexibility index (Phi) is 4.16. The van der Waals surface area contributed by atoms with Gasteiger partial charge in [-0.2, -0.15) is 0 Å². The molecule has 116 valence electrons. The summed E-state index contributed by atoms with van der Waals surface area (Å²) in [5.74, 6) is 1.72. The van der Waals surface area contributed by atoms with Gasteiger partial charge in [0.15, 0.2) is 0 Å². The minimum Gasteiger partial charge on any atom is -0.341 e. The van der Waals surface area contributed by atoms with Crippen LogP contribution in [0, 0.1) is 11.3 Å². The van der Waals surface area contributed by atoms with Gasteiger partial charge < -0.3 is 10.2 Å². The number of hydrogen-bond donors (Lipinski definition) is 1. The standard InChI is InChI=1S/C17H28N4/c1-17(2,3)14-6-8-21(9-7-14)16-19-11-13(12-20-16)10-18-15-4-5-15/h11-12,14-15,18H,4-10H2,1-3H3. The molecule has 4 nitrogen and oxygen atoms in total. The fraction of sp³-hybridized carbons (Fsp3) is 0.765. The summed E-state index contributed by atoms with van der Waals surface area (Å²) in [5, 5.41) is 3.50. The van der Waals surface area contributed by atoms with Crippen molar-refractivity contribution in [1.29, 1.82) is 0 Å². The highest BCUT2D eigenvalue weighted by Gasteiger charge is 2.29. The van der Waals surface area contributed by atoms with Crippen molar-refractivity contribution in [3.63, 3.8) is 0 Å². The molecular formula is C17H28N4. The van der Waals surface area contributed by atoms with Gasteiger partial charge in [-0.3, -0.25) is 0 Å². The fourth-order valence-electron chi connectivity index (χ4n) is 3.10. The number of nitrogens with one attached hydrogen (secondary N) is 1. The largest absolute Gasteiger partial charge is 0.341 e. The van der Waals surface area contributed by atoms with Gasteiger partial charge >= 0.3 is 0 Å². The molecule has 3 rings (SSSR count). The maximum Gasteiger partial charge on any atom is 0.225 e. The average molecular weight is 288 g/mol. The van der Waals surface area contributed by atoms with E-state index >= 15 is 0 Å². The third-order valence-corrected chi connectivity index (χ3v) is 4.87. The third-order valence-electron chi connectivity index (χ3n) is 4.87. The van der Waals surface area contributed by atoms with Crippen LogP contribution in [0.2, 0.25) is 0 Å². The molecule has 0 aromatic carbocycles. The lowest BCUT2D eigenvalue weighted by Crippen LogP contribution is -2.38. The number of piperidine rings is 1. The Hall–Kier alpha value is -1.16. The van der Waals surface area contributed by atoms with E-state index in [2.05, 4.69) is 41.0 Å². The van der Waals surface area contributed by atoms with E-state index < -0.39 is 0 Å². The van der Waals surface area contributed by atoms with Crippen molar-refractivity contribution in [1.82, 2.24) is 15.3 Å². The van der Waals surface area contributed by atoms with Crippen LogP contribution in [-0.2, 0) is 6.54 Å². The van der Waals surface area contributed by atoms with Gasteiger partial charge in [-0.1, -0.05) is 20.8 Å². The Labute approximate surface area is 128 Å². The van der Waals surface area contributed by atoms with E-state index in [1.807, 2.05) is 12.4 Å². The summed E-state index contributed by atoms with van der Waals surface area (Å²) in [6.07, 6.45) is 9.10. The second kappa shape index (κ2) is 5.91. The monoisotopic (exact) mass is 288 g/mol. The molecule has 1 saturated carbocycles.